The molecule has 18 heavy (non-hydrogen) atoms. The zero-order chi connectivity index (χ0) is 13.2. The topological polar surface area (TPSA) is 21.7 Å². The number of hydrogen-bond acceptors (Lipinski definition) is 3. The molecule has 0 aromatic heterocycles. The van der Waals surface area contributed by atoms with Crippen LogP contribution in [0.2, 0.25) is 0 Å². The summed E-state index contributed by atoms with van der Waals surface area (Å²) < 4.78 is 34.5. The molecule has 1 atom stereocenters. The van der Waals surface area contributed by atoms with Gasteiger partial charge in [0.05, 0.1) is 18.8 Å². The smallest absolute Gasteiger partial charge is 0.345 e. The summed E-state index contributed by atoms with van der Waals surface area (Å²) in [7, 11) is 0. The molecule has 2 rings (SSSR count). The highest BCUT2D eigenvalue weighted by molar-refractivity contribution is 4.97. The van der Waals surface area contributed by atoms with E-state index in [0.717, 1.165) is 19.7 Å². The zero-order valence-electron chi connectivity index (χ0n) is 11.2. The molecule has 3 nitrogen and oxygen atoms in total. The van der Waals surface area contributed by atoms with Crippen LogP contribution in [0.3, 0.4) is 0 Å². The molecule has 1 heterocycles. The summed E-state index contributed by atoms with van der Waals surface area (Å²) in [6, 6.07) is 0. The van der Waals surface area contributed by atoms with Crippen LogP contribution in [0.15, 0.2) is 0 Å². The summed E-state index contributed by atoms with van der Waals surface area (Å²) in [5, 5.41) is 0. The average molecular weight is 263 g/mol. The van der Waals surface area contributed by atoms with Crippen molar-refractivity contribution in [3.05, 3.63) is 0 Å². The lowest BCUT2D eigenvalue weighted by Crippen LogP contribution is -2.33. The molecule has 0 aromatic carbocycles. The van der Waals surface area contributed by atoms with Gasteiger partial charge < -0.3 is 14.4 Å². The molecule has 0 aromatic rings. The Labute approximate surface area is 107 Å². The summed E-state index contributed by atoms with van der Waals surface area (Å²) in [4.78, 5) is 2.24. The fourth-order valence-corrected chi connectivity index (χ4v) is 2.54. The second kappa shape index (κ2) is 5.80. The van der Waals surface area contributed by atoms with Gasteiger partial charge in [0.1, 0.15) is 0 Å². The van der Waals surface area contributed by atoms with Crippen molar-refractivity contribution in [1.82, 2.24) is 4.90 Å². The molecule has 1 saturated carbocycles. The molecule has 106 valence electrons. The molecule has 0 bridgehead atoms. The van der Waals surface area contributed by atoms with Crippen LogP contribution in [0.4, 0.5) is 8.78 Å². The van der Waals surface area contributed by atoms with E-state index in [2.05, 4.69) is 9.64 Å². The van der Waals surface area contributed by atoms with E-state index >= 15 is 0 Å². The minimum absolute atomic E-state index is 0.260. The monoisotopic (exact) mass is 263 g/mol. The van der Waals surface area contributed by atoms with Gasteiger partial charge in [0.2, 0.25) is 0 Å². The van der Waals surface area contributed by atoms with Gasteiger partial charge in [-0.1, -0.05) is 0 Å². The second-order valence-corrected chi connectivity index (χ2v) is 5.90. The second-order valence-electron chi connectivity index (χ2n) is 5.90. The van der Waals surface area contributed by atoms with E-state index in [9.17, 15) is 8.78 Å². The normalized spacial score (nSPS) is 27.3. The highest BCUT2D eigenvalue weighted by Crippen LogP contribution is 2.47. The Bertz CT molecular complexity index is 270. The van der Waals surface area contributed by atoms with Gasteiger partial charge in [-0.2, -0.15) is 8.78 Å². The Morgan fingerprint density at radius 3 is 2.61 bits per heavy atom. The average Bonchev–Trinajstić information content (AvgIpc) is 2.90. The predicted octanol–water partition coefficient (Wildman–Crippen LogP) is 2.51. The fraction of sp³-hybridized carbons (Fsp3) is 1.00. The first-order valence-corrected chi connectivity index (χ1v) is 6.77. The van der Waals surface area contributed by atoms with Crippen LogP contribution in [0.1, 0.15) is 33.1 Å². The molecule has 1 saturated heterocycles. The third-order valence-electron chi connectivity index (χ3n) is 3.76. The number of likely N-dealkylation sites (tertiary alicyclic amines) is 1. The SMILES string of the molecule is CC(C)OCC1(CN2CC[C@H](OC(F)F)C2)CC1. The number of alkyl halides is 2. The van der Waals surface area contributed by atoms with Crippen molar-refractivity contribution in [2.75, 3.05) is 26.2 Å². The molecule has 5 heteroatoms. The van der Waals surface area contributed by atoms with Gasteiger partial charge in [0.25, 0.3) is 0 Å². The minimum atomic E-state index is -2.64. The van der Waals surface area contributed by atoms with E-state index in [0.29, 0.717) is 13.0 Å². The molecule has 1 aliphatic carbocycles. The van der Waals surface area contributed by atoms with Gasteiger partial charge in [0, 0.05) is 25.0 Å². The van der Waals surface area contributed by atoms with Gasteiger partial charge in [-0.25, -0.2) is 0 Å². The molecule has 2 fully saturated rings. The van der Waals surface area contributed by atoms with Gasteiger partial charge in [-0.3, -0.25) is 0 Å². The van der Waals surface area contributed by atoms with E-state index in [1.54, 1.807) is 0 Å². The van der Waals surface area contributed by atoms with E-state index in [4.69, 9.17) is 4.74 Å². The molecule has 1 aliphatic heterocycles. The summed E-state index contributed by atoms with van der Waals surface area (Å²) in [6.07, 6.45) is 3.06. The first kappa shape index (κ1) is 14.2. The fourth-order valence-electron chi connectivity index (χ4n) is 2.54. The lowest BCUT2D eigenvalue weighted by Gasteiger charge is -2.24. The highest BCUT2D eigenvalue weighted by Gasteiger charge is 2.45. The Hall–Kier alpha value is -0.260. The van der Waals surface area contributed by atoms with Crippen LogP contribution in [0, 0.1) is 5.41 Å². The third kappa shape index (κ3) is 4.14. The van der Waals surface area contributed by atoms with Crippen molar-refractivity contribution in [2.45, 2.75) is 51.9 Å². The molecule has 2 aliphatic rings. The van der Waals surface area contributed by atoms with Crippen LogP contribution in [-0.2, 0) is 9.47 Å². The molecular formula is C13H23F2NO2. The van der Waals surface area contributed by atoms with E-state index in [-0.39, 0.29) is 17.6 Å². The van der Waals surface area contributed by atoms with Crippen LogP contribution in [-0.4, -0.2) is 50.0 Å². The van der Waals surface area contributed by atoms with Gasteiger partial charge in [0.15, 0.2) is 0 Å². The standard InChI is InChI=1S/C13H23F2NO2/c1-10(2)17-9-13(4-5-13)8-16-6-3-11(7-16)18-12(14)15/h10-12H,3-9H2,1-2H3/t11-/m0/s1. The summed E-state index contributed by atoms with van der Waals surface area (Å²) >= 11 is 0. The molecule has 0 spiro atoms. The van der Waals surface area contributed by atoms with Gasteiger partial charge >= 0.3 is 6.61 Å². The Morgan fingerprint density at radius 2 is 2.06 bits per heavy atom. The lowest BCUT2D eigenvalue weighted by atomic mass is 10.1. The zero-order valence-corrected chi connectivity index (χ0v) is 11.2. The molecule has 0 radical (unpaired) electrons. The first-order chi connectivity index (χ1) is 8.49. The van der Waals surface area contributed by atoms with E-state index < -0.39 is 6.61 Å². The maximum atomic E-state index is 12.1. The maximum Gasteiger partial charge on any atom is 0.345 e. The van der Waals surface area contributed by atoms with Crippen molar-refractivity contribution in [1.29, 1.82) is 0 Å². The van der Waals surface area contributed by atoms with Crippen molar-refractivity contribution in [2.24, 2.45) is 5.41 Å². The first-order valence-electron chi connectivity index (χ1n) is 6.77. The predicted molar refractivity (Wildman–Crippen MR) is 64.7 cm³/mol. The summed E-state index contributed by atoms with van der Waals surface area (Å²) in [5.41, 5.74) is 0.282. The van der Waals surface area contributed by atoms with Crippen LogP contribution >= 0.6 is 0 Å². The van der Waals surface area contributed by atoms with Gasteiger partial charge in [-0.05, 0) is 33.1 Å². The van der Waals surface area contributed by atoms with Crippen molar-refractivity contribution < 1.29 is 18.3 Å². The quantitative estimate of drug-likeness (QED) is 0.704. The number of ether oxygens (including phenoxy) is 2. The lowest BCUT2D eigenvalue weighted by molar-refractivity contribution is -0.158. The Balaban J connectivity index is 1.71. The maximum absolute atomic E-state index is 12.1. The Morgan fingerprint density at radius 1 is 1.33 bits per heavy atom. The number of rotatable bonds is 7. The number of halogens is 2. The van der Waals surface area contributed by atoms with Gasteiger partial charge in [-0.15, -0.1) is 0 Å². The van der Waals surface area contributed by atoms with Crippen LogP contribution in [0.5, 0.6) is 0 Å². The van der Waals surface area contributed by atoms with Crippen LogP contribution in [0.25, 0.3) is 0 Å². The van der Waals surface area contributed by atoms with E-state index in [1.807, 2.05) is 13.8 Å². The van der Waals surface area contributed by atoms with Crippen molar-refractivity contribution >= 4 is 0 Å². The third-order valence-corrected chi connectivity index (χ3v) is 3.76. The Kier molecular flexibility index (Phi) is 4.56. The molecule has 0 N–H and O–H groups in total. The number of nitrogens with zero attached hydrogens (tertiary/aromatic N) is 1. The highest BCUT2D eigenvalue weighted by atomic mass is 19.3. The molecule has 0 unspecified atom stereocenters. The van der Waals surface area contributed by atoms with E-state index in [1.165, 1.54) is 12.8 Å². The molecular weight excluding hydrogens is 240 g/mol. The van der Waals surface area contributed by atoms with Crippen LogP contribution < -0.4 is 0 Å². The summed E-state index contributed by atoms with van der Waals surface area (Å²) in [5.74, 6) is 0. The molecule has 0 amide bonds. The van der Waals surface area contributed by atoms with Crippen molar-refractivity contribution in [3.63, 3.8) is 0 Å². The summed E-state index contributed by atoms with van der Waals surface area (Å²) in [6.45, 7) is 4.68. The minimum Gasteiger partial charge on any atom is -0.378 e. The largest absolute Gasteiger partial charge is 0.378 e. The van der Waals surface area contributed by atoms with Crippen molar-refractivity contribution in [3.8, 4) is 0 Å². The number of hydrogen-bond donors (Lipinski definition) is 0.